The van der Waals surface area contributed by atoms with E-state index in [0.29, 0.717) is 17.9 Å². The molecule has 0 saturated carbocycles. The predicted octanol–water partition coefficient (Wildman–Crippen LogP) is 3.66. The van der Waals surface area contributed by atoms with Gasteiger partial charge in [0, 0.05) is 18.0 Å². The second-order valence-corrected chi connectivity index (χ2v) is 5.17. The van der Waals surface area contributed by atoms with Gasteiger partial charge < -0.3 is 14.3 Å². The maximum atomic E-state index is 9.50. The summed E-state index contributed by atoms with van der Waals surface area (Å²) in [7, 11) is 0. The molecule has 1 aromatic carbocycles. The lowest BCUT2D eigenvalue weighted by Gasteiger charge is -2.12. The maximum Gasteiger partial charge on any atom is 0.151 e. The number of aromatic nitrogens is 1. The number of furan rings is 1. The van der Waals surface area contributed by atoms with Gasteiger partial charge in [-0.3, -0.25) is 4.98 Å². The Morgan fingerprint density at radius 3 is 2.80 bits per heavy atom. The number of hydrogen-bond donors (Lipinski definition) is 1. The van der Waals surface area contributed by atoms with Crippen LogP contribution in [0, 0.1) is 0 Å². The van der Waals surface area contributed by atoms with Gasteiger partial charge in [0.25, 0.3) is 0 Å². The Balaban J connectivity index is 1.97. The van der Waals surface area contributed by atoms with Gasteiger partial charge in [0.1, 0.15) is 12.4 Å². The van der Waals surface area contributed by atoms with Crippen molar-refractivity contribution in [2.24, 2.45) is 0 Å². The molecule has 0 saturated heterocycles. The Bertz CT molecular complexity index is 725. The van der Waals surface area contributed by atoms with Crippen LogP contribution in [-0.2, 0) is 13.2 Å². The van der Waals surface area contributed by atoms with Crippen LogP contribution in [0.1, 0.15) is 11.1 Å². The summed E-state index contributed by atoms with van der Waals surface area (Å²) >= 11 is 3.43. The summed E-state index contributed by atoms with van der Waals surface area (Å²) in [6.07, 6.45) is 5.05. The number of nitrogens with zero attached hydrogens (tertiary/aromatic N) is 1. The van der Waals surface area contributed by atoms with Crippen LogP contribution in [0.4, 0.5) is 0 Å². The average Bonchev–Trinajstić information content (AvgIpc) is 2.97. The second kappa shape index (κ2) is 5.64. The summed E-state index contributed by atoms with van der Waals surface area (Å²) in [6, 6.07) is 7.43. The van der Waals surface area contributed by atoms with E-state index in [2.05, 4.69) is 20.9 Å². The minimum atomic E-state index is -0.0919. The zero-order valence-electron chi connectivity index (χ0n) is 10.5. The van der Waals surface area contributed by atoms with E-state index in [1.165, 1.54) is 0 Å². The molecule has 0 bridgehead atoms. The zero-order chi connectivity index (χ0) is 13.9. The molecule has 0 unspecified atom stereocenters. The molecule has 0 spiro atoms. The molecule has 3 rings (SSSR count). The molecule has 3 aromatic rings. The first-order valence-electron chi connectivity index (χ1n) is 6.10. The van der Waals surface area contributed by atoms with Gasteiger partial charge in [-0.2, -0.15) is 0 Å². The van der Waals surface area contributed by atoms with E-state index in [1.54, 1.807) is 18.7 Å². The Morgan fingerprint density at radius 2 is 2.05 bits per heavy atom. The first-order chi connectivity index (χ1) is 9.79. The van der Waals surface area contributed by atoms with Crippen LogP contribution in [0.2, 0.25) is 0 Å². The second-order valence-electron chi connectivity index (χ2n) is 4.31. The molecule has 4 nitrogen and oxygen atoms in total. The lowest BCUT2D eigenvalue weighted by Crippen LogP contribution is -1.99. The molecule has 2 heterocycles. The van der Waals surface area contributed by atoms with E-state index in [1.807, 2.05) is 24.3 Å². The van der Waals surface area contributed by atoms with Gasteiger partial charge in [-0.1, -0.05) is 0 Å². The smallest absolute Gasteiger partial charge is 0.151 e. The third-order valence-electron chi connectivity index (χ3n) is 3.02. The summed E-state index contributed by atoms with van der Waals surface area (Å²) in [5.74, 6) is 0.649. The molecule has 0 aliphatic rings. The summed E-state index contributed by atoms with van der Waals surface area (Å²) in [6.45, 7) is 0.322. The minimum absolute atomic E-state index is 0.0919. The van der Waals surface area contributed by atoms with Gasteiger partial charge in [0.2, 0.25) is 0 Å². The van der Waals surface area contributed by atoms with Crippen LogP contribution in [-0.4, -0.2) is 10.1 Å². The summed E-state index contributed by atoms with van der Waals surface area (Å²) in [4.78, 5) is 3.97. The van der Waals surface area contributed by atoms with Crippen molar-refractivity contribution in [2.45, 2.75) is 13.2 Å². The lowest BCUT2D eigenvalue weighted by atomic mass is 10.1. The first-order valence-corrected chi connectivity index (χ1v) is 6.90. The fraction of sp³-hybridized carbons (Fsp3) is 0.133. The highest BCUT2D eigenvalue weighted by atomic mass is 79.9. The van der Waals surface area contributed by atoms with Crippen LogP contribution >= 0.6 is 15.9 Å². The van der Waals surface area contributed by atoms with Crippen molar-refractivity contribution in [3.05, 3.63) is 58.5 Å². The Morgan fingerprint density at radius 1 is 1.25 bits per heavy atom. The molecular weight excluding hydrogens is 322 g/mol. The van der Waals surface area contributed by atoms with Crippen LogP contribution in [0.5, 0.6) is 5.75 Å². The molecule has 0 amide bonds. The number of fused-ring (bicyclic) bond motifs is 1. The molecule has 0 atom stereocenters. The standard InChI is InChI=1S/C15H12BrNO3/c16-13-7-11(8-18)14(12-3-6-19-15(12)13)20-9-10-1-4-17-5-2-10/h1-7,18H,8-9H2. The Labute approximate surface area is 124 Å². The van der Waals surface area contributed by atoms with Crippen molar-refractivity contribution in [1.82, 2.24) is 4.98 Å². The van der Waals surface area contributed by atoms with Crippen LogP contribution in [0.3, 0.4) is 0 Å². The maximum absolute atomic E-state index is 9.50. The SMILES string of the molecule is OCc1cc(Br)c2occc2c1OCc1ccncc1. The largest absolute Gasteiger partial charge is 0.488 e. The minimum Gasteiger partial charge on any atom is -0.488 e. The van der Waals surface area contributed by atoms with Crippen LogP contribution < -0.4 is 4.74 Å². The highest BCUT2D eigenvalue weighted by Gasteiger charge is 2.14. The Hall–Kier alpha value is -1.85. The Kier molecular flexibility index (Phi) is 3.71. The summed E-state index contributed by atoms with van der Waals surface area (Å²) in [5.41, 5.74) is 2.45. The number of benzene rings is 1. The number of rotatable bonds is 4. The van der Waals surface area contributed by atoms with Gasteiger partial charge in [-0.25, -0.2) is 0 Å². The normalized spacial score (nSPS) is 10.9. The summed E-state index contributed by atoms with van der Waals surface area (Å²) in [5, 5.41) is 10.3. The van der Waals surface area contributed by atoms with Crippen molar-refractivity contribution >= 4 is 26.9 Å². The van der Waals surface area contributed by atoms with Crippen molar-refractivity contribution in [2.75, 3.05) is 0 Å². The highest BCUT2D eigenvalue weighted by Crippen LogP contribution is 2.36. The van der Waals surface area contributed by atoms with E-state index in [9.17, 15) is 5.11 Å². The quantitative estimate of drug-likeness (QED) is 0.791. The van der Waals surface area contributed by atoms with Gasteiger partial charge in [0.05, 0.1) is 22.7 Å². The van der Waals surface area contributed by atoms with Gasteiger partial charge in [-0.05, 0) is 45.8 Å². The molecule has 5 heteroatoms. The third-order valence-corrected chi connectivity index (χ3v) is 3.61. The van der Waals surface area contributed by atoms with Gasteiger partial charge in [0.15, 0.2) is 5.58 Å². The number of ether oxygens (including phenoxy) is 1. The van der Waals surface area contributed by atoms with E-state index in [0.717, 1.165) is 21.0 Å². The fourth-order valence-electron chi connectivity index (χ4n) is 2.05. The zero-order valence-corrected chi connectivity index (χ0v) is 12.1. The van der Waals surface area contributed by atoms with E-state index < -0.39 is 0 Å². The fourth-order valence-corrected chi connectivity index (χ4v) is 2.64. The molecular formula is C15H12BrNO3. The number of halogens is 1. The van der Waals surface area contributed by atoms with Crippen molar-refractivity contribution in [3.63, 3.8) is 0 Å². The van der Waals surface area contributed by atoms with Crippen molar-refractivity contribution < 1.29 is 14.3 Å². The van der Waals surface area contributed by atoms with Crippen LogP contribution in [0.25, 0.3) is 11.0 Å². The first kappa shape index (κ1) is 13.1. The molecule has 1 N–H and O–H groups in total. The highest BCUT2D eigenvalue weighted by molar-refractivity contribution is 9.10. The van der Waals surface area contributed by atoms with Crippen molar-refractivity contribution in [1.29, 1.82) is 0 Å². The molecule has 2 aromatic heterocycles. The predicted molar refractivity (Wildman–Crippen MR) is 78.4 cm³/mol. The average molecular weight is 334 g/mol. The van der Waals surface area contributed by atoms with E-state index >= 15 is 0 Å². The molecule has 0 radical (unpaired) electrons. The van der Waals surface area contributed by atoms with E-state index in [4.69, 9.17) is 9.15 Å². The number of hydrogen-bond acceptors (Lipinski definition) is 4. The molecule has 0 aliphatic heterocycles. The number of pyridine rings is 1. The number of aliphatic hydroxyl groups excluding tert-OH is 1. The van der Waals surface area contributed by atoms with Crippen molar-refractivity contribution in [3.8, 4) is 5.75 Å². The van der Waals surface area contributed by atoms with Crippen LogP contribution in [0.15, 0.2) is 51.8 Å². The monoisotopic (exact) mass is 333 g/mol. The lowest BCUT2D eigenvalue weighted by molar-refractivity contribution is 0.260. The van der Waals surface area contributed by atoms with Gasteiger partial charge >= 0.3 is 0 Å². The summed E-state index contributed by atoms with van der Waals surface area (Å²) < 4.78 is 12.1. The molecule has 20 heavy (non-hydrogen) atoms. The molecule has 102 valence electrons. The molecule has 0 fully saturated rings. The topological polar surface area (TPSA) is 55.5 Å². The van der Waals surface area contributed by atoms with Gasteiger partial charge in [-0.15, -0.1) is 0 Å². The molecule has 0 aliphatic carbocycles. The van der Waals surface area contributed by atoms with E-state index in [-0.39, 0.29) is 6.61 Å². The number of aliphatic hydroxyl groups is 1. The third kappa shape index (κ3) is 2.42.